The molecule has 2 aromatic carbocycles. The van der Waals surface area contributed by atoms with Crippen LogP contribution in [0.25, 0.3) is 6.08 Å². The third kappa shape index (κ3) is 5.00. The first kappa shape index (κ1) is 15.2. The highest BCUT2D eigenvalue weighted by Gasteiger charge is 2.08. The quantitative estimate of drug-likeness (QED) is 0.469. The van der Waals surface area contributed by atoms with E-state index in [1.54, 1.807) is 30.3 Å². The van der Waals surface area contributed by atoms with Crippen molar-refractivity contribution >= 4 is 33.8 Å². The van der Waals surface area contributed by atoms with Crippen molar-refractivity contribution in [1.29, 1.82) is 0 Å². The van der Waals surface area contributed by atoms with Gasteiger partial charge >= 0.3 is 5.97 Å². The van der Waals surface area contributed by atoms with Crippen molar-refractivity contribution in [2.75, 3.05) is 6.61 Å². The zero-order valence-corrected chi connectivity index (χ0v) is 12.7. The second-order valence-electron chi connectivity index (χ2n) is 4.28. The van der Waals surface area contributed by atoms with Gasteiger partial charge in [0.25, 0.3) is 0 Å². The van der Waals surface area contributed by atoms with Crippen LogP contribution in [-0.4, -0.2) is 18.4 Å². The van der Waals surface area contributed by atoms with Gasteiger partial charge in [0.05, 0.1) is 0 Å². The molecule has 0 N–H and O–H groups in total. The zero-order valence-electron chi connectivity index (χ0n) is 11.2. The van der Waals surface area contributed by atoms with E-state index in [9.17, 15) is 9.59 Å². The van der Waals surface area contributed by atoms with Crippen molar-refractivity contribution in [2.45, 2.75) is 0 Å². The molecular weight excluding hydrogens is 332 g/mol. The number of hydrogen-bond acceptors (Lipinski definition) is 3. The van der Waals surface area contributed by atoms with Crippen LogP contribution in [0.2, 0.25) is 0 Å². The summed E-state index contributed by atoms with van der Waals surface area (Å²) in [7, 11) is 0. The number of benzene rings is 2. The van der Waals surface area contributed by atoms with E-state index >= 15 is 0 Å². The van der Waals surface area contributed by atoms with Crippen LogP contribution in [0.15, 0.2) is 65.1 Å². The third-order valence-electron chi connectivity index (χ3n) is 2.72. The van der Waals surface area contributed by atoms with Crippen LogP contribution in [0, 0.1) is 0 Å². The standard InChI is InChI=1S/C17H13BrO3/c18-15-9-7-14(8-10-15)16(19)12-21-17(20)11-6-13-4-2-1-3-5-13/h1-11H,12H2. The number of esters is 1. The Labute approximate surface area is 131 Å². The fourth-order valence-corrected chi connectivity index (χ4v) is 1.90. The molecule has 106 valence electrons. The smallest absolute Gasteiger partial charge is 0.331 e. The van der Waals surface area contributed by atoms with Crippen molar-refractivity contribution < 1.29 is 14.3 Å². The van der Waals surface area contributed by atoms with Gasteiger partial charge in [-0.1, -0.05) is 58.4 Å². The lowest BCUT2D eigenvalue weighted by Gasteiger charge is -2.02. The SMILES string of the molecule is O=C(C=Cc1ccccc1)OCC(=O)c1ccc(Br)cc1. The minimum absolute atomic E-state index is 0.232. The van der Waals surface area contributed by atoms with Gasteiger partial charge in [-0.05, 0) is 23.8 Å². The number of Topliss-reactive ketones (excluding diaryl/α,β-unsaturated/α-hetero) is 1. The molecule has 0 saturated heterocycles. The molecule has 0 amide bonds. The third-order valence-corrected chi connectivity index (χ3v) is 3.25. The Morgan fingerprint density at radius 1 is 1.00 bits per heavy atom. The Balaban J connectivity index is 1.85. The zero-order chi connectivity index (χ0) is 15.1. The lowest BCUT2D eigenvalue weighted by atomic mass is 10.1. The normalized spacial score (nSPS) is 10.5. The van der Waals surface area contributed by atoms with Gasteiger partial charge in [-0.3, -0.25) is 4.79 Å². The van der Waals surface area contributed by atoms with Gasteiger partial charge in [-0.25, -0.2) is 4.79 Å². The molecule has 2 aromatic rings. The molecule has 0 bridgehead atoms. The molecule has 4 heteroatoms. The van der Waals surface area contributed by atoms with Crippen LogP contribution in [0.4, 0.5) is 0 Å². The van der Waals surface area contributed by atoms with E-state index in [2.05, 4.69) is 15.9 Å². The summed E-state index contributed by atoms with van der Waals surface area (Å²) in [6.07, 6.45) is 2.95. The molecule has 0 aromatic heterocycles. The summed E-state index contributed by atoms with van der Waals surface area (Å²) in [5.41, 5.74) is 1.41. The van der Waals surface area contributed by atoms with Gasteiger partial charge in [-0.2, -0.15) is 0 Å². The average molecular weight is 345 g/mol. The van der Waals surface area contributed by atoms with Gasteiger partial charge < -0.3 is 4.74 Å². The van der Waals surface area contributed by atoms with E-state index in [0.717, 1.165) is 10.0 Å². The Bertz CT molecular complexity index is 645. The van der Waals surface area contributed by atoms with Crippen molar-refractivity contribution in [3.05, 3.63) is 76.3 Å². The topological polar surface area (TPSA) is 43.4 Å². The summed E-state index contributed by atoms with van der Waals surface area (Å²) in [6, 6.07) is 16.3. The molecule has 3 nitrogen and oxygen atoms in total. The van der Waals surface area contributed by atoms with Crippen molar-refractivity contribution in [1.82, 2.24) is 0 Å². The summed E-state index contributed by atoms with van der Waals surface area (Å²) >= 11 is 3.29. The maximum Gasteiger partial charge on any atom is 0.331 e. The minimum Gasteiger partial charge on any atom is -0.454 e. The van der Waals surface area contributed by atoms with Crippen molar-refractivity contribution in [2.24, 2.45) is 0 Å². The molecule has 0 atom stereocenters. The molecule has 0 heterocycles. The second kappa shape index (κ2) is 7.55. The van der Waals surface area contributed by atoms with E-state index in [1.165, 1.54) is 6.08 Å². The van der Waals surface area contributed by atoms with Crippen LogP contribution in [-0.2, 0) is 9.53 Å². The molecule has 0 aliphatic carbocycles. The van der Waals surface area contributed by atoms with E-state index in [-0.39, 0.29) is 12.4 Å². The number of carbonyl (C=O) groups is 2. The summed E-state index contributed by atoms with van der Waals surface area (Å²) in [6.45, 7) is -0.264. The first-order valence-electron chi connectivity index (χ1n) is 6.34. The maximum atomic E-state index is 11.8. The lowest BCUT2D eigenvalue weighted by Crippen LogP contribution is -2.12. The molecule has 0 spiro atoms. The second-order valence-corrected chi connectivity index (χ2v) is 5.20. The maximum absolute atomic E-state index is 11.8. The molecule has 2 rings (SSSR count). The lowest BCUT2D eigenvalue weighted by molar-refractivity contribution is -0.136. The largest absolute Gasteiger partial charge is 0.454 e. The van der Waals surface area contributed by atoms with E-state index in [0.29, 0.717) is 5.56 Å². The molecule has 0 fully saturated rings. The molecule has 0 unspecified atom stereocenters. The fraction of sp³-hybridized carbons (Fsp3) is 0.0588. The van der Waals surface area contributed by atoms with E-state index < -0.39 is 5.97 Å². The Hall–Kier alpha value is -2.20. The van der Waals surface area contributed by atoms with Gasteiger partial charge in [0.2, 0.25) is 0 Å². The van der Waals surface area contributed by atoms with Gasteiger partial charge in [0, 0.05) is 16.1 Å². The number of halogens is 1. The van der Waals surface area contributed by atoms with Gasteiger partial charge in [-0.15, -0.1) is 0 Å². The Morgan fingerprint density at radius 2 is 1.67 bits per heavy atom. The highest BCUT2D eigenvalue weighted by molar-refractivity contribution is 9.10. The van der Waals surface area contributed by atoms with Crippen molar-refractivity contribution in [3.8, 4) is 0 Å². The molecule has 0 aliphatic heterocycles. The first-order chi connectivity index (χ1) is 10.1. The summed E-state index contributed by atoms with van der Waals surface area (Å²) < 4.78 is 5.81. The predicted molar refractivity (Wildman–Crippen MR) is 84.9 cm³/mol. The van der Waals surface area contributed by atoms with E-state index in [1.807, 2.05) is 30.3 Å². The first-order valence-corrected chi connectivity index (χ1v) is 7.13. The highest BCUT2D eigenvalue weighted by Crippen LogP contribution is 2.11. The monoisotopic (exact) mass is 344 g/mol. The van der Waals surface area contributed by atoms with Crippen LogP contribution < -0.4 is 0 Å². The number of ketones is 1. The van der Waals surface area contributed by atoms with Crippen LogP contribution >= 0.6 is 15.9 Å². The Kier molecular flexibility index (Phi) is 5.46. The van der Waals surface area contributed by atoms with Crippen LogP contribution in [0.3, 0.4) is 0 Å². The highest BCUT2D eigenvalue weighted by atomic mass is 79.9. The van der Waals surface area contributed by atoms with Crippen LogP contribution in [0.5, 0.6) is 0 Å². The average Bonchev–Trinajstić information content (AvgIpc) is 2.52. The Morgan fingerprint density at radius 3 is 2.33 bits per heavy atom. The van der Waals surface area contributed by atoms with Crippen molar-refractivity contribution in [3.63, 3.8) is 0 Å². The summed E-state index contributed by atoms with van der Waals surface area (Å²) in [4.78, 5) is 23.4. The molecular formula is C17H13BrO3. The number of ether oxygens (including phenoxy) is 1. The number of hydrogen-bond donors (Lipinski definition) is 0. The fourth-order valence-electron chi connectivity index (χ4n) is 1.63. The predicted octanol–water partition coefficient (Wildman–Crippen LogP) is 3.89. The molecule has 0 saturated carbocycles. The number of carbonyl (C=O) groups excluding carboxylic acids is 2. The molecule has 0 radical (unpaired) electrons. The van der Waals surface area contributed by atoms with Gasteiger partial charge in [0.1, 0.15) is 0 Å². The molecule has 0 aliphatic rings. The van der Waals surface area contributed by atoms with Crippen LogP contribution in [0.1, 0.15) is 15.9 Å². The number of rotatable bonds is 5. The summed E-state index contributed by atoms with van der Waals surface area (Å²) in [5.74, 6) is -0.770. The van der Waals surface area contributed by atoms with E-state index in [4.69, 9.17) is 4.74 Å². The minimum atomic E-state index is -0.538. The molecule has 21 heavy (non-hydrogen) atoms. The summed E-state index contributed by atoms with van der Waals surface area (Å²) in [5, 5.41) is 0. The van der Waals surface area contributed by atoms with Gasteiger partial charge in [0.15, 0.2) is 12.4 Å².